The molecule has 0 unspecified atom stereocenters. The van der Waals surface area contributed by atoms with Crippen molar-refractivity contribution in [2.75, 3.05) is 24.3 Å². The first-order valence-corrected chi connectivity index (χ1v) is 6.24. The molecule has 4 nitrogen and oxygen atoms in total. The molecule has 0 aliphatic rings. The van der Waals surface area contributed by atoms with Crippen molar-refractivity contribution in [1.82, 2.24) is 0 Å². The van der Waals surface area contributed by atoms with Crippen LogP contribution in [-0.4, -0.2) is 26.0 Å². The number of hydrogen-bond acceptors (Lipinski definition) is 3. The number of hydrogen-bond donors (Lipinski definition) is 2. The van der Waals surface area contributed by atoms with Crippen LogP contribution in [-0.2, 0) is 4.79 Å². The summed E-state index contributed by atoms with van der Waals surface area (Å²) in [5, 5.41) is 3.42. The Morgan fingerprint density at radius 1 is 1.39 bits per heavy atom. The predicted octanol–water partition coefficient (Wildman–Crippen LogP) is 2.33. The van der Waals surface area contributed by atoms with E-state index in [1.165, 1.54) is 0 Å². The van der Waals surface area contributed by atoms with Crippen molar-refractivity contribution in [3.8, 4) is 0 Å². The molecule has 1 amide bonds. The molecule has 0 bridgehead atoms. The van der Waals surface area contributed by atoms with Crippen LogP contribution in [0.2, 0.25) is 5.02 Å². The summed E-state index contributed by atoms with van der Waals surface area (Å²) in [6.07, 6.45) is 0. The molecule has 0 aromatic heterocycles. The minimum atomic E-state index is -0.529. The van der Waals surface area contributed by atoms with Crippen LogP contribution in [0, 0.1) is 5.92 Å². The van der Waals surface area contributed by atoms with Gasteiger partial charge in [-0.2, -0.15) is 0 Å². The summed E-state index contributed by atoms with van der Waals surface area (Å²) in [4.78, 5) is 13.8. The SMILES string of the molecule is CC(C)[C@@H](N)C(=O)Nc1cccc(Cl)c1N(C)C. The first-order valence-electron chi connectivity index (χ1n) is 5.87. The van der Waals surface area contributed by atoms with Crippen molar-refractivity contribution < 1.29 is 4.79 Å². The van der Waals surface area contributed by atoms with Crippen LogP contribution in [0.5, 0.6) is 0 Å². The van der Waals surface area contributed by atoms with Crippen LogP contribution in [0.1, 0.15) is 13.8 Å². The van der Waals surface area contributed by atoms with Gasteiger partial charge in [-0.25, -0.2) is 0 Å². The summed E-state index contributed by atoms with van der Waals surface area (Å²) in [5.41, 5.74) is 7.27. The number of nitrogens with one attached hydrogen (secondary N) is 1. The molecule has 0 saturated carbocycles. The summed E-state index contributed by atoms with van der Waals surface area (Å²) in [7, 11) is 3.75. The van der Waals surface area contributed by atoms with E-state index in [4.69, 9.17) is 17.3 Å². The van der Waals surface area contributed by atoms with Crippen LogP contribution in [0.4, 0.5) is 11.4 Å². The summed E-state index contributed by atoms with van der Waals surface area (Å²) in [5.74, 6) is -0.109. The number of carbonyl (C=O) groups is 1. The van der Waals surface area contributed by atoms with Crippen molar-refractivity contribution in [3.63, 3.8) is 0 Å². The van der Waals surface area contributed by atoms with Crippen LogP contribution in [0.25, 0.3) is 0 Å². The standard InChI is InChI=1S/C13H20ClN3O/c1-8(2)11(15)13(18)16-10-7-5-6-9(14)12(10)17(3)4/h5-8,11H,15H2,1-4H3,(H,16,18)/t11-/m1/s1. The first-order chi connectivity index (χ1) is 8.34. The lowest BCUT2D eigenvalue weighted by Crippen LogP contribution is -2.40. The Balaban J connectivity index is 2.98. The van der Waals surface area contributed by atoms with Gasteiger partial charge in [-0.15, -0.1) is 0 Å². The number of carbonyl (C=O) groups excluding carboxylic acids is 1. The number of benzene rings is 1. The van der Waals surface area contributed by atoms with Crippen molar-refractivity contribution >= 4 is 28.9 Å². The van der Waals surface area contributed by atoms with E-state index in [2.05, 4.69) is 5.32 Å². The van der Waals surface area contributed by atoms with E-state index >= 15 is 0 Å². The van der Waals surface area contributed by atoms with E-state index in [1.54, 1.807) is 12.1 Å². The molecule has 3 N–H and O–H groups in total. The molecule has 5 heteroatoms. The normalized spacial score (nSPS) is 12.4. The number of rotatable bonds is 4. The van der Waals surface area contributed by atoms with Crippen molar-refractivity contribution in [2.45, 2.75) is 19.9 Å². The fourth-order valence-electron chi connectivity index (χ4n) is 1.59. The number of anilines is 2. The minimum absolute atomic E-state index is 0.0898. The maximum atomic E-state index is 11.9. The Kier molecular flexibility index (Phi) is 4.99. The fraction of sp³-hybridized carbons (Fsp3) is 0.462. The van der Waals surface area contributed by atoms with E-state index < -0.39 is 6.04 Å². The van der Waals surface area contributed by atoms with Gasteiger partial charge >= 0.3 is 0 Å². The third-order valence-electron chi connectivity index (χ3n) is 2.71. The van der Waals surface area contributed by atoms with Crippen LogP contribution in [0.3, 0.4) is 0 Å². The maximum absolute atomic E-state index is 11.9. The topological polar surface area (TPSA) is 58.4 Å². The molecule has 1 rings (SSSR count). The van der Waals surface area contributed by atoms with Crippen LogP contribution >= 0.6 is 11.6 Å². The molecule has 0 aliphatic heterocycles. The molecular weight excluding hydrogens is 250 g/mol. The highest BCUT2D eigenvalue weighted by atomic mass is 35.5. The van der Waals surface area contributed by atoms with Gasteiger partial charge in [-0.3, -0.25) is 4.79 Å². The van der Waals surface area contributed by atoms with Crippen LogP contribution < -0.4 is 16.0 Å². The molecule has 0 fully saturated rings. The number of amides is 1. The van der Waals surface area contributed by atoms with Gasteiger partial charge < -0.3 is 16.0 Å². The zero-order chi connectivity index (χ0) is 13.9. The number of nitrogens with zero attached hydrogens (tertiary/aromatic N) is 1. The Bertz CT molecular complexity index is 432. The highest BCUT2D eigenvalue weighted by Crippen LogP contribution is 2.32. The van der Waals surface area contributed by atoms with Crippen molar-refractivity contribution in [2.24, 2.45) is 11.7 Å². The van der Waals surface area contributed by atoms with Gasteiger partial charge in [-0.05, 0) is 18.1 Å². The van der Waals surface area contributed by atoms with Crippen molar-refractivity contribution in [3.05, 3.63) is 23.2 Å². The Labute approximate surface area is 113 Å². The first kappa shape index (κ1) is 14.8. The molecular formula is C13H20ClN3O. The summed E-state index contributed by atoms with van der Waals surface area (Å²) in [6.45, 7) is 3.82. The van der Waals surface area contributed by atoms with E-state index in [0.717, 1.165) is 5.69 Å². The van der Waals surface area contributed by atoms with Gasteiger partial charge in [0.1, 0.15) is 0 Å². The summed E-state index contributed by atoms with van der Waals surface area (Å²) in [6, 6.07) is 4.87. The molecule has 0 radical (unpaired) electrons. The van der Waals surface area contributed by atoms with Gasteiger partial charge in [0.15, 0.2) is 0 Å². The number of halogens is 1. The maximum Gasteiger partial charge on any atom is 0.241 e. The molecule has 18 heavy (non-hydrogen) atoms. The molecule has 1 aromatic rings. The van der Waals surface area contributed by atoms with E-state index in [-0.39, 0.29) is 11.8 Å². The average molecular weight is 270 g/mol. The van der Waals surface area contributed by atoms with Gasteiger partial charge in [-0.1, -0.05) is 31.5 Å². The lowest BCUT2D eigenvalue weighted by molar-refractivity contribution is -0.118. The molecule has 1 aromatic carbocycles. The van der Waals surface area contributed by atoms with E-state index in [0.29, 0.717) is 10.7 Å². The Hall–Kier alpha value is -1.26. The monoisotopic (exact) mass is 269 g/mol. The second kappa shape index (κ2) is 6.07. The second-order valence-corrected chi connectivity index (χ2v) is 5.20. The molecule has 100 valence electrons. The lowest BCUT2D eigenvalue weighted by Gasteiger charge is -2.21. The third-order valence-corrected chi connectivity index (χ3v) is 3.02. The van der Waals surface area contributed by atoms with Crippen molar-refractivity contribution in [1.29, 1.82) is 0 Å². The summed E-state index contributed by atoms with van der Waals surface area (Å²) < 4.78 is 0. The molecule has 1 atom stereocenters. The highest BCUT2D eigenvalue weighted by Gasteiger charge is 2.19. The second-order valence-electron chi connectivity index (χ2n) is 4.79. The lowest BCUT2D eigenvalue weighted by atomic mass is 10.0. The third kappa shape index (κ3) is 3.37. The van der Waals surface area contributed by atoms with E-state index in [9.17, 15) is 4.79 Å². The molecule has 0 heterocycles. The molecule has 0 aliphatic carbocycles. The highest BCUT2D eigenvalue weighted by molar-refractivity contribution is 6.34. The molecule has 0 saturated heterocycles. The Morgan fingerprint density at radius 3 is 2.50 bits per heavy atom. The smallest absolute Gasteiger partial charge is 0.241 e. The van der Waals surface area contributed by atoms with Gasteiger partial charge in [0.05, 0.1) is 22.4 Å². The van der Waals surface area contributed by atoms with Gasteiger partial charge in [0, 0.05) is 14.1 Å². The predicted molar refractivity (Wildman–Crippen MR) is 77.2 cm³/mol. The fourth-order valence-corrected chi connectivity index (χ4v) is 1.93. The van der Waals surface area contributed by atoms with Gasteiger partial charge in [0.25, 0.3) is 0 Å². The zero-order valence-electron chi connectivity index (χ0n) is 11.2. The quantitative estimate of drug-likeness (QED) is 0.882. The molecule has 0 spiro atoms. The van der Waals surface area contributed by atoms with Crippen LogP contribution in [0.15, 0.2) is 18.2 Å². The van der Waals surface area contributed by atoms with Gasteiger partial charge in [0.2, 0.25) is 5.91 Å². The minimum Gasteiger partial charge on any atom is -0.375 e. The Morgan fingerprint density at radius 2 is 2.00 bits per heavy atom. The number of nitrogens with two attached hydrogens (primary N) is 1. The van der Waals surface area contributed by atoms with E-state index in [1.807, 2.05) is 38.9 Å². The number of para-hydroxylation sites is 1. The summed E-state index contributed by atoms with van der Waals surface area (Å²) >= 11 is 6.13. The largest absolute Gasteiger partial charge is 0.375 e. The average Bonchev–Trinajstić information content (AvgIpc) is 2.27. The zero-order valence-corrected chi connectivity index (χ0v) is 12.0.